The number of phenols is 1. The monoisotopic (exact) mass is 221 g/mol. The Morgan fingerprint density at radius 2 is 2.19 bits per heavy atom. The quantitative estimate of drug-likeness (QED) is 0.799. The number of hydrogen-bond donors (Lipinski definition) is 2. The highest BCUT2D eigenvalue weighted by atomic mass is 16.4. The highest BCUT2D eigenvalue weighted by Crippen LogP contribution is 2.42. The van der Waals surface area contributed by atoms with Crippen LogP contribution in [-0.2, 0) is 4.79 Å². The number of aromatic hydroxyl groups is 1. The van der Waals surface area contributed by atoms with Crippen molar-refractivity contribution in [1.82, 2.24) is 0 Å². The van der Waals surface area contributed by atoms with Crippen molar-refractivity contribution in [3.8, 4) is 5.75 Å². The van der Waals surface area contributed by atoms with Crippen molar-refractivity contribution < 1.29 is 15.0 Å². The van der Waals surface area contributed by atoms with Gasteiger partial charge in [0.15, 0.2) is 0 Å². The summed E-state index contributed by atoms with van der Waals surface area (Å²) in [6, 6.07) is 5.37. The fourth-order valence-electron chi connectivity index (χ4n) is 2.23. The van der Waals surface area contributed by atoms with Crippen LogP contribution in [-0.4, -0.2) is 28.8 Å². The van der Waals surface area contributed by atoms with Gasteiger partial charge < -0.3 is 15.1 Å². The lowest BCUT2D eigenvalue weighted by atomic mass is 10.0. The van der Waals surface area contributed by atoms with Crippen LogP contribution in [0.15, 0.2) is 18.2 Å². The topological polar surface area (TPSA) is 60.8 Å². The lowest BCUT2D eigenvalue weighted by molar-refractivity contribution is -0.138. The molecule has 0 spiro atoms. The first-order valence-electron chi connectivity index (χ1n) is 5.33. The average molecular weight is 221 g/mol. The van der Waals surface area contributed by atoms with Crippen molar-refractivity contribution >= 4 is 11.7 Å². The molecule has 0 fully saturated rings. The van der Waals surface area contributed by atoms with E-state index in [-0.39, 0.29) is 11.8 Å². The number of benzene rings is 1. The van der Waals surface area contributed by atoms with E-state index in [1.54, 1.807) is 12.1 Å². The van der Waals surface area contributed by atoms with E-state index < -0.39 is 11.9 Å². The molecule has 2 N–H and O–H groups in total. The number of aliphatic carboxylic acids is 1. The Kier molecular flexibility index (Phi) is 2.50. The summed E-state index contributed by atoms with van der Waals surface area (Å²) in [6.45, 7) is 4.45. The molecule has 1 aromatic carbocycles. The van der Waals surface area contributed by atoms with Gasteiger partial charge in [0.1, 0.15) is 11.7 Å². The summed E-state index contributed by atoms with van der Waals surface area (Å²) < 4.78 is 0. The SMILES string of the molecule is CC(C)N1CC(C(=O)O)c2c(O)cccc21. The zero-order valence-electron chi connectivity index (χ0n) is 9.34. The van der Waals surface area contributed by atoms with Crippen molar-refractivity contribution in [3.05, 3.63) is 23.8 Å². The standard InChI is InChI=1S/C12H15NO3/c1-7(2)13-6-8(12(15)16)11-9(13)4-3-5-10(11)14/h3-5,7-8,14H,6H2,1-2H3,(H,15,16). The van der Waals surface area contributed by atoms with Gasteiger partial charge in [-0.05, 0) is 26.0 Å². The lowest BCUT2D eigenvalue weighted by Gasteiger charge is -2.24. The van der Waals surface area contributed by atoms with Crippen molar-refractivity contribution in [2.24, 2.45) is 0 Å². The van der Waals surface area contributed by atoms with Crippen LogP contribution in [0.2, 0.25) is 0 Å². The zero-order chi connectivity index (χ0) is 11.9. The minimum atomic E-state index is -0.883. The summed E-state index contributed by atoms with van der Waals surface area (Å²) in [7, 11) is 0. The summed E-state index contributed by atoms with van der Waals surface area (Å²) in [5, 5.41) is 18.9. The maximum absolute atomic E-state index is 11.1. The molecular weight excluding hydrogens is 206 g/mol. The van der Waals surface area contributed by atoms with Gasteiger partial charge in [-0.3, -0.25) is 4.79 Å². The van der Waals surface area contributed by atoms with Crippen LogP contribution in [0.3, 0.4) is 0 Å². The molecule has 0 amide bonds. The Hall–Kier alpha value is -1.71. The van der Waals surface area contributed by atoms with Crippen molar-refractivity contribution in [3.63, 3.8) is 0 Å². The minimum absolute atomic E-state index is 0.0769. The molecule has 0 bridgehead atoms. The predicted molar refractivity (Wildman–Crippen MR) is 61.0 cm³/mol. The van der Waals surface area contributed by atoms with Crippen molar-refractivity contribution in [2.45, 2.75) is 25.8 Å². The third-order valence-corrected chi connectivity index (χ3v) is 3.02. The molecule has 4 heteroatoms. The van der Waals surface area contributed by atoms with Gasteiger partial charge in [-0.1, -0.05) is 6.07 Å². The number of carboxylic acid groups (broad SMARTS) is 1. The normalized spacial score (nSPS) is 18.9. The molecule has 0 saturated carbocycles. The molecule has 2 rings (SSSR count). The first kappa shape index (κ1) is 10.8. The second-order valence-corrected chi connectivity index (χ2v) is 4.35. The van der Waals surface area contributed by atoms with Crippen LogP contribution >= 0.6 is 0 Å². The number of carbonyl (C=O) groups is 1. The summed E-state index contributed by atoms with van der Waals surface area (Å²) in [4.78, 5) is 13.2. The minimum Gasteiger partial charge on any atom is -0.508 e. The van der Waals surface area contributed by atoms with Gasteiger partial charge in [0.25, 0.3) is 0 Å². The summed E-state index contributed by atoms with van der Waals surface area (Å²) in [5.41, 5.74) is 1.38. The van der Waals surface area contributed by atoms with Gasteiger partial charge in [0.05, 0.1) is 0 Å². The van der Waals surface area contributed by atoms with Crippen LogP contribution in [0.1, 0.15) is 25.3 Å². The Labute approximate surface area is 94.1 Å². The molecule has 1 aliphatic rings. The van der Waals surface area contributed by atoms with E-state index in [1.807, 2.05) is 24.8 Å². The Morgan fingerprint density at radius 3 is 2.75 bits per heavy atom. The predicted octanol–water partition coefficient (Wildman–Crippen LogP) is 1.79. The largest absolute Gasteiger partial charge is 0.508 e. The van der Waals surface area contributed by atoms with Crippen molar-refractivity contribution in [2.75, 3.05) is 11.4 Å². The molecule has 1 aliphatic heterocycles. The molecule has 0 aromatic heterocycles. The maximum Gasteiger partial charge on any atom is 0.313 e. The van der Waals surface area contributed by atoms with E-state index in [0.717, 1.165) is 5.69 Å². The Bertz CT molecular complexity index is 428. The molecule has 0 saturated heterocycles. The van der Waals surface area contributed by atoms with E-state index in [1.165, 1.54) is 0 Å². The van der Waals surface area contributed by atoms with Crippen LogP contribution in [0.5, 0.6) is 5.75 Å². The van der Waals surface area contributed by atoms with Gasteiger partial charge in [-0.25, -0.2) is 0 Å². The molecule has 1 heterocycles. The number of phenolic OH excluding ortho intramolecular Hbond substituents is 1. The molecule has 1 unspecified atom stereocenters. The number of hydrogen-bond acceptors (Lipinski definition) is 3. The number of fused-ring (bicyclic) bond motifs is 1. The fourth-order valence-corrected chi connectivity index (χ4v) is 2.23. The van der Waals surface area contributed by atoms with E-state index in [9.17, 15) is 9.90 Å². The molecule has 1 atom stereocenters. The van der Waals surface area contributed by atoms with Gasteiger partial charge in [0, 0.05) is 23.8 Å². The van der Waals surface area contributed by atoms with Gasteiger partial charge >= 0.3 is 5.97 Å². The molecule has 16 heavy (non-hydrogen) atoms. The summed E-state index contributed by atoms with van der Waals surface area (Å²) in [6.07, 6.45) is 0. The first-order valence-corrected chi connectivity index (χ1v) is 5.33. The number of rotatable bonds is 2. The first-order chi connectivity index (χ1) is 7.52. The molecular formula is C12H15NO3. The van der Waals surface area contributed by atoms with Gasteiger partial charge in [0.2, 0.25) is 0 Å². The molecule has 0 aliphatic carbocycles. The molecule has 0 radical (unpaired) electrons. The summed E-state index contributed by atoms with van der Waals surface area (Å²) >= 11 is 0. The van der Waals surface area contributed by atoms with Crippen molar-refractivity contribution in [1.29, 1.82) is 0 Å². The fraction of sp³-hybridized carbons (Fsp3) is 0.417. The molecule has 4 nitrogen and oxygen atoms in total. The highest BCUT2D eigenvalue weighted by molar-refractivity contribution is 5.84. The van der Waals surface area contributed by atoms with Gasteiger partial charge in [-0.15, -0.1) is 0 Å². The molecule has 1 aromatic rings. The maximum atomic E-state index is 11.1. The second kappa shape index (κ2) is 3.70. The zero-order valence-corrected chi connectivity index (χ0v) is 9.34. The Morgan fingerprint density at radius 1 is 1.50 bits per heavy atom. The summed E-state index contributed by atoms with van der Waals surface area (Å²) in [5.74, 6) is -1.43. The number of nitrogens with zero attached hydrogens (tertiary/aromatic N) is 1. The lowest BCUT2D eigenvalue weighted by Crippen LogP contribution is -2.30. The van der Waals surface area contributed by atoms with E-state index in [2.05, 4.69) is 0 Å². The van der Waals surface area contributed by atoms with Gasteiger partial charge in [-0.2, -0.15) is 0 Å². The molecule has 86 valence electrons. The van der Waals surface area contributed by atoms with Crippen LogP contribution in [0, 0.1) is 0 Å². The smallest absolute Gasteiger partial charge is 0.313 e. The van der Waals surface area contributed by atoms with E-state index >= 15 is 0 Å². The van der Waals surface area contributed by atoms with E-state index in [4.69, 9.17) is 5.11 Å². The number of anilines is 1. The third kappa shape index (κ3) is 1.50. The van der Waals surface area contributed by atoms with Crippen LogP contribution in [0.4, 0.5) is 5.69 Å². The third-order valence-electron chi connectivity index (χ3n) is 3.02. The van der Waals surface area contributed by atoms with E-state index in [0.29, 0.717) is 12.1 Å². The average Bonchev–Trinajstić information content (AvgIpc) is 2.58. The van der Waals surface area contributed by atoms with Crippen LogP contribution < -0.4 is 4.90 Å². The second-order valence-electron chi connectivity index (χ2n) is 4.35. The number of carboxylic acids is 1. The van der Waals surface area contributed by atoms with Crippen LogP contribution in [0.25, 0.3) is 0 Å². The highest BCUT2D eigenvalue weighted by Gasteiger charge is 2.36. The Balaban J connectivity index is 2.53.